The molecule has 0 spiro atoms. The predicted molar refractivity (Wildman–Crippen MR) is 138 cm³/mol. The Bertz CT molecular complexity index is 1280. The summed E-state index contributed by atoms with van der Waals surface area (Å²) in [7, 11) is 0. The molecule has 0 aliphatic carbocycles. The second kappa shape index (κ2) is 11.6. The SMILES string of the molecule is CCc1[nH]c(C(=O)N[C@@H]2CCN(c3nc(C)c(C(=O)O)s3)C[C@H]2NC(=O)OCc2ccccc2)nc1Cl. The monoisotopic (exact) mass is 546 g/mol. The maximum Gasteiger partial charge on any atom is 0.407 e. The summed E-state index contributed by atoms with van der Waals surface area (Å²) < 4.78 is 5.39. The zero-order valence-electron chi connectivity index (χ0n) is 20.3. The summed E-state index contributed by atoms with van der Waals surface area (Å²) in [6, 6.07) is 8.29. The lowest BCUT2D eigenvalue weighted by Gasteiger charge is -2.38. The van der Waals surface area contributed by atoms with Crippen LogP contribution in [0.4, 0.5) is 9.93 Å². The molecule has 1 aliphatic heterocycles. The third kappa shape index (κ3) is 6.38. The molecule has 1 aliphatic rings. The van der Waals surface area contributed by atoms with Crippen LogP contribution in [0, 0.1) is 6.92 Å². The smallest absolute Gasteiger partial charge is 0.407 e. The van der Waals surface area contributed by atoms with Crippen molar-refractivity contribution in [2.45, 2.75) is 45.4 Å². The van der Waals surface area contributed by atoms with Crippen molar-refractivity contribution < 1.29 is 24.2 Å². The summed E-state index contributed by atoms with van der Waals surface area (Å²) in [4.78, 5) is 50.6. The number of halogens is 1. The summed E-state index contributed by atoms with van der Waals surface area (Å²) in [5, 5.41) is 16.0. The molecule has 2 atom stereocenters. The van der Waals surface area contributed by atoms with E-state index in [2.05, 4.69) is 25.6 Å². The highest BCUT2D eigenvalue weighted by Gasteiger charge is 2.34. The van der Waals surface area contributed by atoms with Crippen LogP contribution in [0.25, 0.3) is 0 Å². The third-order valence-corrected chi connectivity index (χ3v) is 7.51. The molecule has 1 saturated heterocycles. The van der Waals surface area contributed by atoms with Crippen LogP contribution in [0.3, 0.4) is 0 Å². The fraction of sp³-hybridized carbons (Fsp3) is 0.375. The van der Waals surface area contributed by atoms with Crippen LogP contribution in [-0.2, 0) is 17.8 Å². The first-order valence-electron chi connectivity index (χ1n) is 11.7. The van der Waals surface area contributed by atoms with E-state index in [-0.39, 0.29) is 29.0 Å². The number of nitrogens with zero attached hydrogens (tertiary/aromatic N) is 3. The van der Waals surface area contributed by atoms with E-state index in [1.54, 1.807) is 6.92 Å². The van der Waals surface area contributed by atoms with Crippen molar-refractivity contribution in [3.8, 4) is 0 Å². The number of nitrogens with one attached hydrogen (secondary N) is 3. The van der Waals surface area contributed by atoms with Gasteiger partial charge < -0.3 is 30.4 Å². The number of imidazole rings is 1. The van der Waals surface area contributed by atoms with E-state index in [9.17, 15) is 19.5 Å². The van der Waals surface area contributed by atoms with Gasteiger partial charge in [-0.05, 0) is 25.3 Å². The van der Waals surface area contributed by atoms with E-state index in [0.29, 0.717) is 35.9 Å². The number of H-pyrrole nitrogens is 1. The lowest BCUT2D eigenvalue weighted by atomic mass is 9.99. The third-order valence-electron chi connectivity index (χ3n) is 5.99. The summed E-state index contributed by atoms with van der Waals surface area (Å²) in [5.41, 5.74) is 1.93. The number of anilines is 1. The number of carbonyl (C=O) groups excluding carboxylic acids is 2. The summed E-state index contributed by atoms with van der Waals surface area (Å²) in [6.07, 6.45) is 0.428. The van der Waals surface area contributed by atoms with Crippen LogP contribution in [0.1, 0.15) is 50.6 Å². The molecule has 11 nitrogen and oxygen atoms in total. The number of rotatable bonds is 8. The quantitative estimate of drug-likeness (QED) is 0.336. The Morgan fingerprint density at radius 1 is 1.22 bits per heavy atom. The molecule has 3 heterocycles. The molecule has 4 rings (SSSR count). The van der Waals surface area contributed by atoms with Gasteiger partial charge in [-0.2, -0.15) is 0 Å². The van der Waals surface area contributed by atoms with Gasteiger partial charge in [0.25, 0.3) is 5.91 Å². The van der Waals surface area contributed by atoms with E-state index < -0.39 is 30.1 Å². The van der Waals surface area contributed by atoms with Crippen molar-refractivity contribution >= 4 is 46.0 Å². The number of aromatic carboxylic acids is 1. The molecular formula is C24H27ClN6O5S. The summed E-state index contributed by atoms with van der Waals surface area (Å²) >= 11 is 7.16. The van der Waals surface area contributed by atoms with Gasteiger partial charge in [-0.15, -0.1) is 0 Å². The molecule has 0 saturated carbocycles. The molecule has 1 aromatic carbocycles. The molecule has 2 aromatic heterocycles. The largest absolute Gasteiger partial charge is 0.477 e. The van der Waals surface area contributed by atoms with Crippen LogP contribution in [-0.4, -0.2) is 63.2 Å². The number of hydrogen-bond acceptors (Lipinski definition) is 8. The fourth-order valence-corrected chi connectivity index (χ4v) is 5.25. The number of aromatic nitrogens is 3. The molecule has 3 aromatic rings. The Morgan fingerprint density at radius 2 is 1.97 bits per heavy atom. The van der Waals surface area contributed by atoms with Crippen molar-refractivity contribution in [2.75, 3.05) is 18.0 Å². The normalized spacial score (nSPS) is 17.3. The average Bonchev–Trinajstić information content (AvgIpc) is 3.46. The molecule has 2 amide bonds. The van der Waals surface area contributed by atoms with Gasteiger partial charge in [-0.25, -0.2) is 19.6 Å². The average molecular weight is 547 g/mol. The van der Waals surface area contributed by atoms with Crippen LogP contribution in [0.5, 0.6) is 0 Å². The van der Waals surface area contributed by atoms with E-state index in [1.807, 2.05) is 42.2 Å². The number of piperidine rings is 1. The van der Waals surface area contributed by atoms with Crippen molar-refractivity contribution in [1.82, 2.24) is 25.6 Å². The Kier molecular flexibility index (Phi) is 8.29. The highest BCUT2D eigenvalue weighted by Crippen LogP contribution is 2.28. The maximum absolute atomic E-state index is 12.9. The number of ether oxygens (including phenoxy) is 1. The van der Waals surface area contributed by atoms with Gasteiger partial charge in [-0.1, -0.05) is 60.2 Å². The van der Waals surface area contributed by atoms with Gasteiger partial charge in [0.1, 0.15) is 11.5 Å². The Morgan fingerprint density at radius 3 is 2.62 bits per heavy atom. The van der Waals surface area contributed by atoms with E-state index >= 15 is 0 Å². The summed E-state index contributed by atoms with van der Waals surface area (Å²) in [6.45, 7) is 4.42. The lowest BCUT2D eigenvalue weighted by molar-refractivity contribution is 0.0700. The first-order chi connectivity index (χ1) is 17.7. The topological polar surface area (TPSA) is 150 Å². The molecule has 0 unspecified atom stereocenters. The van der Waals surface area contributed by atoms with Crippen molar-refractivity contribution in [3.05, 3.63) is 63.1 Å². The molecular weight excluding hydrogens is 520 g/mol. The standard InChI is InChI=1S/C24H27ClN6O5S/c1-3-15-19(25)30-20(27-15)21(32)28-16-9-10-31(23-26-13(2)18(37-23)22(33)34)11-17(16)29-24(35)36-12-14-7-5-4-6-8-14/h4-8,16-17H,3,9-12H2,1-2H3,(H,27,30)(H,28,32)(H,29,35)(H,33,34)/t16-,17-/m1/s1. The minimum absolute atomic E-state index is 0.0938. The molecule has 4 N–H and O–H groups in total. The predicted octanol–water partition coefficient (Wildman–Crippen LogP) is 3.39. The maximum atomic E-state index is 12.9. The number of thiazole rings is 1. The fourth-order valence-electron chi connectivity index (χ4n) is 4.04. The van der Waals surface area contributed by atoms with Crippen molar-refractivity contribution in [1.29, 1.82) is 0 Å². The van der Waals surface area contributed by atoms with Crippen LogP contribution < -0.4 is 15.5 Å². The van der Waals surface area contributed by atoms with Crippen molar-refractivity contribution in [3.63, 3.8) is 0 Å². The highest BCUT2D eigenvalue weighted by molar-refractivity contribution is 7.17. The van der Waals surface area contributed by atoms with Crippen LogP contribution in [0.2, 0.25) is 5.15 Å². The minimum Gasteiger partial charge on any atom is -0.477 e. The first-order valence-corrected chi connectivity index (χ1v) is 12.9. The minimum atomic E-state index is -1.04. The van der Waals surface area contributed by atoms with E-state index in [0.717, 1.165) is 16.9 Å². The van der Waals surface area contributed by atoms with Gasteiger partial charge in [-0.3, -0.25) is 4.79 Å². The van der Waals surface area contributed by atoms with Gasteiger partial charge in [0.05, 0.1) is 23.5 Å². The number of carboxylic acids is 1. The number of hydrogen-bond donors (Lipinski definition) is 4. The Balaban J connectivity index is 1.48. The number of carbonyl (C=O) groups is 3. The van der Waals surface area contributed by atoms with Crippen molar-refractivity contribution in [2.24, 2.45) is 0 Å². The van der Waals surface area contributed by atoms with Crippen LogP contribution in [0.15, 0.2) is 30.3 Å². The van der Waals surface area contributed by atoms with Gasteiger partial charge in [0.15, 0.2) is 16.1 Å². The molecule has 196 valence electrons. The summed E-state index contributed by atoms with van der Waals surface area (Å²) in [5.74, 6) is -1.38. The lowest BCUT2D eigenvalue weighted by Crippen LogP contribution is -2.60. The van der Waals surface area contributed by atoms with Crippen LogP contribution >= 0.6 is 22.9 Å². The molecule has 37 heavy (non-hydrogen) atoms. The first kappa shape index (κ1) is 26.4. The zero-order valence-corrected chi connectivity index (χ0v) is 21.9. The molecule has 0 radical (unpaired) electrons. The highest BCUT2D eigenvalue weighted by atomic mass is 35.5. The number of carboxylic acid groups (broad SMARTS) is 1. The Labute approximate surface area is 222 Å². The second-order valence-electron chi connectivity index (χ2n) is 8.55. The van der Waals surface area contributed by atoms with E-state index in [1.165, 1.54) is 0 Å². The molecule has 13 heteroatoms. The molecule has 0 bridgehead atoms. The molecule has 1 fully saturated rings. The number of aryl methyl sites for hydroxylation is 2. The second-order valence-corrected chi connectivity index (χ2v) is 9.89. The van der Waals surface area contributed by atoms with Gasteiger partial charge >= 0.3 is 12.1 Å². The van der Waals surface area contributed by atoms with Gasteiger partial charge in [0.2, 0.25) is 0 Å². The number of alkyl carbamates (subject to hydrolysis) is 1. The van der Waals surface area contributed by atoms with Gasteiger partial charge in [0, 0.05) is 13.1 Å². The number of aromatic amines is 1. The number of benzene rings is 1. The number of amides is 2. The Hall–Kier alpha value is -3.64. The van der Waals surface area contributed by atoms with E-state index in [4.69, 9.17) is 16.3 Å². The zero-order chi connectivity index (χ0) is 26.5.